The van der Waals surface area contributed by atoms with Gasteiger partial charge in [0.15, 0.2) is 0 Å². The first-order chi connectivity index (χ1) is 13.8. The third-order valence-electron chi connectivity index (χ3n) is 4.86. The van der Waals surface area contributed by atoms with Crippen LogP contribution >= 0.6 is 12.4 Å². The summed E-state index contributed by atoms with van der Waals surface area (Å²) in [5.74, 6) is 0. The van der Waals surface area contributed by atoms with E-state index in [9.17, 15) is 18.3 Å². The van der Waals surface area contributed by atoms with Crippen LogP contribution in [0.15, 0.2) is 78.9 Å². The Morgan fingerprint density at radius 3 is 2.13 bits per heavy atom. The van der Waals surface area contributed by atoms with Crippen molar-refractivity contribution in [1.29, 1.82) is 0 Å². The predicted octanol–water partition coefficient (Wildman–Crippen LogP) is 6.05. The molecule has 0 heterocycles. The molecule has 0 aliphatic rings. The number of rotatable bonds is 7. The van der Waals surface area contributed by atoms with Crippen LogP contribution in [0.5, 0.6) is 0 Å². The van der Waals surface area contributed by atoms with Crippen molar-refractivity contribution in [2.75, 3.05) is 6.54 Å². The van der Waals surface area contributed by atoms with Gasteiger partial charge in [-0.1, -0.05) is 66.7 Å². The lowest BCUT2D eigenvalue weighted by Gasteiger charge is -2.18. The largest absolute Gasteiger partial charge is 0.416 e. The van der Waals surface area contributed by atoms with E-state index in [4.69, 9.17) is 0 Å². The number of hydrogen-bond donors (Lipinski definition) is 2. The van der Waals surface area contributed by atoms with Gasteiger partial charge in [0.25, 0.3) is 0 Å². The summed E-state index contributed by atoms with van der Waals surface area (Å²) in [7, 11) is 0. The fraction of sp³-hybridized carbons (Fsp3) is 0.250. The monoisotopic (exact) mass is 435 g/mol. The molecule has 0 saturated carbocycles. The van der Waals surface area contributed by atoms with Crippen LogP contribution in [-0.4, -0.2) is 17.7 Å². The Morgan fingerprint density at radius 1 is 0.867 bits per heavy atom. The van der Waals surface area contributed by atoms with Gasteiger partial charge in [0.05, 0.1) is 11.7 Å². The van der Waals surface area contributed by atoms with Crippen LogP contribution in [0, 0.1) is 0 Å². The summed E-state index contributed by atoms with van der Waals surface area (Å²) in [6.07, 6.45) is -4.66. The number of nitrogens with one attached hydrogen (secondary N) is 1. The lowest BCUT2D eigenvalue weighted by molar-refractivity contribution is -0.137. The molecule has 30 heavy (non-hydrogen) atoms. The third kappa shape index (κ3) is 6.59. The summed E-state index contributed by atoms with van der Waals surface area (Å²) >= 11 is 0. The molecule has 160 valence electrons. The number of halogens is 4. The van der Waals surface area contributed by atoms with Gasteiger partial charge in [0.1, 0.15) is 0 Å². The molecule has 0 radical (unpaired) electrons. The molecule has 0 aliphatic heterocycles. The maximum atomic E-state index is 12.8. The topological polar surface area (TPSA) is 32.3 Å². The maximum absolute atomic E-state index is 12.8. The third-order valence-corrected chi connectivity index (χ3v) is 4.86. The number of alkyl halides is 3. The van der Waals surface area contributed by atoms with Crippen LogP contribution in [0.25, 0.3) is 11.1 Å². The summed E-state index contributed by atoms with van der Waals surface area (Å²) in [6, 6.07) is 23.3. The average molecular weight is 436 g/mol. The Balaban J connectivity index is 0.00000320. The van der Waals surface area contributed by atoms with E-state index in [0.29, 0.717) is 0 Å². The summed E-state index contributed by atoms with van der Waals surface area (Å²) in [6.45, 7) is 2.18. The van der Waals surface area contributed by atoms with Crippen molar-refractivity contribution >= 4 is 12.4 Å². The molecule has 2 nitrogen and oxygen atoms in total. The number of aliphatic hydroxyl groups excluding tert-OH is 1. The van der Waals surface area contributed by atoms with Crippen molar-refractivity contribution in [3.63, 3.8) is 0 Å². The van der Waals surface area contributed by atoms with Crippen LogP contribution in [0.2, 0.25) is 0 Å². The summed E-state index contributed by atoms with van der Waals surface area (Å²) in [5, 5.41) is 13.5. The van der Waals surface area contributed by atoms with Gasteiger partial charge in [-0.05, 0) is 47.7 Å². The van der Waals surface area contributed by atoms with Crippen molar-refractivity contribution < 1.29 is 18.3 Å². The zero-order valence-corrected chi connectivity index (χ0v) is 17.4. The summed E-state index contributed by atoms with van der Waals surface area (Å²) < 4.78 is 38.5. The molecule has 2 atom stereocenters. The van der Waals surface area contributed by atoms with Gasteiger partial charge in [0, 0.05) is 12.6 Å². The van der Waals surface area contributed by atoms with Crippen LogP contribution in [-0.2, 0) is 12.6 Å². The van der Waals surface area contributed by atoms with Gasteiger partial charge in [-0.2, -0.15) is 13.2 Å². The van der Waals surface area contributed by atoms with E-state index in [1.54, 1.807) is 0 Å². The second-order valence-corrected chi connectivity index (χ2v) is 7.22. The molecule has 0 spiro atoms. The molecule has 2 unspecified atom stereocenters. The summed E-state index contributed by atoms with van der Waals surface area (Å²) in [5.41, 5.74) is 2.97. The van der Waals surface area contributed by atoms with Crippen LogP contribution in [0.1, 0.15) is 29.7 Å². The molecule has 0 aliphatic carbocycles. The molecular weight excluding hydrogens is 411 g/mol. The second-order valence-electron chi connectivity index (χ2n) is 7.22. The van der Waals surface area contributed by atoms with E-state index in [1.807, 2.05) is 25.1 Å². The normalized spacial score (nSPS) is 13.4. The van der Waals surface area contributed by atoms with E-state index >= 15 is 0 Å². The minimum Gasteiger partial charge on any atom is -0.387 e. The highest BCUT2D eigenvalue weighted by molar-refractivity contribution is 5.85. The molecule has 2 N–H and O–H groups in total. The van der Waals surface area contributed by atoms with Crippen LogP contribution in [0.3, 0.4) is 0 Å². The molecular formula is C24H25ClF3NO. The van der Waals surface area contributed by atoms with Gasteiger partial charge in [-0.3, -0.25) is 0 Å². The first kappa shape index (κ1) is 23.9. The van der Waals surface area contributed by atoms with Gasteiger partial charge in [-0.25, -0.2) is 0 Å². The van der Waals surface area contributed by atoms with E-state index in [1.165, 1.54) is 12.1 Å². The highest BCUT2D eigenvalue weighted by atomic mass is 35.5. The standard InChI is InChI=1S/C24H24F3NO.ClH/c1-17(14-18-10-12-20(13-11-18)19-6-3-2-4-7-19)28-16-23(29)21-8-5-9-22(15-21)24(25,26)27;/h2-13,15,17,23,28-29H,14,16H2,1H3;1H. The smallest absolute Gasteiger partial charge is 0.387 e. The number of benzene rings is 3. The minimum absolute atomic E-state index is 0. The van der Waals surface area contributed by atoms with Gasteiger partial charge in [-0.15, -0.1) is 12.4 Å². The number of hydrogen-bond acceptors (Lipinski definition) is 2. The second kappa shape index (κ2) is 10.6. The fourth-order valence-electron chi connectivity index (χ4n) is 3.24. The number of aliphatic hydroxyl groups is 1. The highest BCUT2D eigenvalue weighted by Crippen LogP contribution is 2.30. The molecule has 3 aromatic carbocycles. The maximum Gasteiger partial charge on any atom is 0.416 e. The van der Waals surface area contributed by atoms with Gasteiger partial charge >= 0.3 is 6.18 Å². The van der Waals surface area contributed by atoms with E-state index < -0.39 is 17.8 Å². The minimum atomic E-state index is -4.41. The molecule has 6 heteroatoms. The van der Waals surface area contributed by atoms with Crippen molar-refractivity contribution in [3.8, 4) is 11.1 Å². The van der Waals surface area contributed by atoms with E-state index in [-0.39, 0.29) is 30.6 Å². The van der Waals surface area contributed by atoms with E-state index in [0.717, 1.165) is 35.2 Å². The van der Waals surface area contributed by atoms with Gasteiger partial charge < -0.3 is 10.4 Å². The Bertz CT molecular complexity index is 914. The SMILES string of the molecule is CC(Cc1ccc(-c2ccccc2)cc1)NCC(O)c1cccc(C(F)(F)F)c1.Cl. The highest BCUT2D eigenvalue weighted by Gasteiger charge is 2.30. The molecule has 0 amide bonds. The van der Waals surface area contributed by atoms with E-state index in [2.05, 4.69) is 41.7 Å². The lowest BCUT2D eigenvalue weighted by Crippen LogP contribution is -2.32. The van der Waals surface area contributed by atoms with Crippen LogP contribution < -0.4 is 5.32 Å². The summed E-state index contributed by atoms with van der Waals surface area (Å²) in [4.78, 5) is 0. The first-order valence-corrected chi connectivity index (χ1v) is 9.56. The van der Waals surface area contributed by atoms with Crippen LogP contribution in [0.4, 0.5) is 13.2 Å². The first-order valence-electron chi connectivity index (χ1n) is 9.56. The van der Waals surface area contributed by atoms with Crippen molar-refractivity contribution in [2.24, 2.45) is 0 Å². The molecule has 0 saturated heterocycles. The Morgan fingerprint density at radius 2 is 1.50 bits per heavy atom. The Hall–Kier alpha value is -2.34. The Kier molecular flexibility index (Phi) is 8.47. The van der Waals surface area contributed by atoms with Gasteiger partial charge in [0.2, 0.25) is 0 Å². The average Bonchev–Trinajstić information content (AvgIpc) is 2.73. The Labute approximate surface area is 181 Å². The molecule has 0 bridgehead atoms. The molecule has 0 aromatic heterocycles. The zero-order valence-electron chi connectivity index (χ0n) is 16.6. The molecule has 0 fully saturated rings. The quantitative estimate of drug-likeness (QED) is 0.473. The fourth-order valence-corrected chi connectivity index (χ4v) is 3.24. The molecule has 3 rings (SSSR count). The van der Waals surface area contributed by atoms with Crippen molar-refractivity contribution in [1.82, 2.24) is 5.32 Å². The molecule has 3 aromatic rings. The van der Waals surface area contributed by atoms with Crippen molar-refractivity contribution in [3.05, 3.63) is 95.6 Å². The zero-order chi connectivity index (χ0) is 20.9. The predicted molar refractivity (Wildman–Crippen MR) is 117 cm³/mol. The lowest BCUT2D eigenvalue weighted by atomic mass is 10.0. The van der Waals surface area contributed by atoms with Crippen molar-refractivity contribution in [2.45, 2.75) is 31.7 Å².